The van der Waals surface area contributed by atoms with Crippen LogP contribution in [0.5, 0.6) is 0 Å². The van der Waals surface area contributed by atoms with Gasteiger partial charge in [0.05, 0.1) is 19.8 Å². The van der Waals surface area contributed by atoms with Crippen molar-refractivity contribution in [3.05, 3.63) is 35.6 Å². The van der Waals surface area contributed by atoms with E-state index in [9.17, 15) is 4.39 Å². The van der Waals surface area contributed by atoms with Crippen LogP contribution in [0.2, 0.25) is 0 Å². The molecule has 0 atom stereocenters. The van der Waals surface area contributed by atoms with E-state index in [-0.39, 0.29) is 11.2 Å². The minimum Gasteiger partial charge on any atom is -0.379 e. The third-order valence-corrected chi connectivity index (χ3v) is 4.88. The van der Waals surface area contributed by atoms with Gasteiger partial charge < -0.3 is 15.4 Å². The van der Waals surface area contributed by atoms with Crippen molar-refractivity contribution < 1.29 is 9.13 Å². The van der Waals surface area contributed by atoms with Gasteiger partial charge in [0.15, 0.2) is 5.96 Å². The van der Waals surface area contributed by atoms with Crippen LogP contribution in [0.3, 0.4) is 0 Å². The first kappa shape index (κ1) is 21.6. The molecule has 0 bridgehead atoms. The number of nitrogens with zero attached hydrogens (tertiary/aromatic N) is 2. The van der Waals surface area contributed by atoms with Gasteiger partial charge in [0.2, 0.25) is 0 Å². The van der Waals surface area contributed by atoms with Crippen LogP contribution in [0, 0.1) is 5.82 Å². The number of hydrogen-bond acceptors (Lipinski definition) is 3. The summed E-state index contributed by atoms with van der Waals surface area (Å²) in [4.78, 5) is 7.19. The van der Waals surface area contributed by atoms with E-state index in [2.05, 4.69) is 36.3 Å². The van der Waals surface area contributed by atoms with Crippen molar-refractivity contribution in [2.75, 3.05) is 52.5 Å². The molecule has 0 amide bonds. The molecule has 0 unspecified atom stereocenters. The van der Waals surface area contributed by atoms with Crippen LogP contribution in [-0.2, 0) is 10.2 Å². The first-order valence-electron chi connectivity index (χ1n) is 10.1. The van der Waals surface area contributed by atoms with Crippen LogP contribution >= 0.6 is 0 Å². The zero-order valence-corrected chi connectivity index (χ0v) is 17.1. The molecule has 1 aromatic carbocycles. The molecule has 1 heterocycles. The molecule has 152 valence electrons. The van der Waals surface area contributed by atoms with E-state index >= 15 is 0 Å². The number of ether oxygens (including phenoxy) is 1. The Morgan fingerprint density at radius 3 is 2.70 bits per heavy atom. The lowest BCUT2D eigenvalue weighted by Crippen LogP contribution is -2.39. The number of rotatable bonds is 9. The van der Waals surface area contributed by atoms with Gasteiger partial charge in [-0.2, -0.15) is 0 Å². The molecule has 2 N–H and O–H groups in total. The largest absolute Gasteiger partial charge is 0.379 e. The lowest BCUT2D eigenvalue weighted by atomic mass is 9.85. The third kappa shape index (κ3) is 7.85. The van der Waals surface area contributed by atoms with Crippen LogP contribution in [0.15, 0.2) is 29.3 Å². The van der Waals surface area contributed by atoms with E-state index in [0.717, 1.165) is 63.9 Å². The van der Waals surface area contributed by atoms with Crippen LogP contribution < -0.4 is 10.6 Å². The quantitative estimate of drug-likeness (QED) is 0.394. The summed E-state index contributed by atoms with van der Waals surface area (Å²) in [5.41, 5.74) is 0.744. The van der Waals surface area contributed by atoms with Gasteiger partial charge in [-0.3, -0.25) is 9.89 Å². The highest BCUT2D eigenvalue weighted by Crippen LogP contribution is 2.24. The van der Waals surface area contributed by atoms with Gasteiger partial charge in [0.1, 0.15) is 5.82 Å². The second-order valence-corrected chi connectivity index (χ2v) is 7.68. The average Bonchev–Trinajstić information content (AvgIpc) is 2.66. The predicted octanol–water partition coefficient (Wildman–Crippen LogP) is 2.77. The number of nitrogens with one attached hydrogen (secondary N) is 2. The number of unbranched alkanes of at least 4 members (excludes halogenated alkanes) is 1. The van der Waals surface area contributed by atoms with Gasteiger partial charge in [0, 0.05) is 31.6 Å². The maximum atomic E-state index is 13.5. The van der Waals surface area contributed by atoms with Gasteiger partial charge in [-0.1, -0.05) is 26.0 Å². The molecule has 0 aliphatic carbocycles. The highest BCUT2D eigenvalue weighted by atomic mass is 19.1. The summed E-state index contributed by atoms with van der Waals surface area (Å²) in [6, 6.07) is 6.80. The second kappa shape index (κ2) is 11.2. The van der Waals surface area contributed by atoms with E-state index in [1.807, 2.05) is 6.07 Å². The fraction of sp³-hybridized carbons (Fsp3) is 0.667. The highest BCUT2D eigenvalue weighted by Gasteiger charge is 2.21. The van der Waals surface area contributed by atoms with Crippen molar-refractivity contribution in [1.82, 2.24) is 15.5 Å². The number of halogens is 1. The molecule has 2 rings (SSSR count). The molecule has 1 aliphatic heterocycles. The molecule has 0 radical (unpaired) electrons. The lowest BCUT2D eigenvalue weighted by Gasteiger charge is -2.26. The Hall–Kier alpha value is -1.66. The molecule has 0 saturated carbocycles. The van der Waals surface area contributed by atoms with Gasteiger partial charge >= 0.3 is 0 Å². The van der Waals surface area contributed by atoms with E-state index in [1.54, 1.807) is 12.1 Å². The molecule has 1 aliphatic rings. The summed E-state index contributed by atoms with van der Waals surface area (Å²) in [5, 5.41) is 6.71. The molecule has 5 nitrogen and oxygen atoms in total. The predicted molar refractivity (Wildman–Crippen MR) is 110 cm³/mol. The number of morpholine rings is 1. The Bertz CT molecular complexity index is 585. The van der Waals surface area contributed by atoms with Crippen molar-refractivity contribution in [2.24, 2.45) is 4.99 Å². The zero-order chi connectivity index (χ0) is 19.5. The molecule has 27 heavy (non-hydrogen) atoms. The smallest absolute Gasteiger partial charge is 0.191 e. The molecule has 1 aromatic rings. The van der Waals surface area contributed by atoms with Gasteiger partial charge in [-0.25, -0.2) is 4.39 Å². The summed E-state index contributed by atoms with van der Waals surface area (Å²) in [5.74, 6) is 0.628. The van der Waals surface area contributed by atoms with Crippen LogP contribution in [0.1, 0.15) is 39.2 Å². The number of guanidine groups is 1. The lowest BCUT2D eigenvalue weighted by molar-refractivity contribution is 0.0372. The first-order valence-corrected chi connectivity index (χ1v) is 10.1. The van der Waals surface area contributed by atoms with E-state index < -0.39 is 0 Å². The standard InChI is InChI=1S/C21H35FN4O/c1-4-23-20(24-10-5-6-11-26-12-14-27-15-13-26)25-17-21(2,3)18-8-7-9-19(22)16-18/h7-9,16H,4-6,10-15,17H2,1-3H3,(H2,23,24,25). The first-order chi connectivity index (χ1) is 13.0. The van der Waals surface area contributed by atoms with Crippen LogP contribution in [-0.4, -0.2) is 63.3 Å². The summed E-state index contributed by atoms with van der Waals surface area (Å²) in [6.45, 7) is 13.5. The molecular weight excluding hydrogens is 343 g/mol. The molecule has 1 fully saturated rings. The number of aliphatic imine (C=N–C) groups is 1. The normalized spacial score (nSPS) is 16.4. The van der Waals surface area contributed by atoms with Crippen molar-refractivity contribution >= 4 is 5.96 Å². The number of benzene rings is 1. The summed E-state index contributed by atoms with van der Waals surface area (Å²) in [7, 11) is 0. The summed E-state index contributed by atoms with van der Waals surface area (Å²) >= 11 is 0. The Labute approximate surface area is 163 Å². The van der Waals surface area contributed by atoms with Crippen molar-refractivity contribution in [3.8, 4) is 0 Å². The van der Waals surface area contributed by atoms with E-state index in [4.69, 9.17) is 9.73 Å². The van der Waals surface area contributed by atoms with Crippen molar-refractivity contribution in [3.63, 3.8) is 0 Å². The Balaban J connectivity index is 1.77. The second-order valence-electron chi connectivity index (χ2n) is 7.68. The fourth-order valence-electron chi connectivity index (χ4n) is 3.11. The SMILES string of the molecule is CCNC(=NCC(C)(C)c1cccc(F)c1)NCCCCN1CCOCC1. The third-order valence-electron chi connectivity index (χ3n) is 4.88. The number of hydrogen-bond donors (Lipinski definition) is 2. The minimum absolute atomic E-state index is 0.199. The summed E-state index contributed by atoms with van der Waals surface area (Å²) < 4.78 is 18.9. The monoisotopic (exact) mass is 378 g/mol. The van der Waals surface area contributed by atoms with Crippen LogP contribution in [0.4, 0.5) is 4.39 Å². The molecule has 1 saturated heterocycles. The Morgan fingerprint density at radius 1 is 1.22 bits per heavy atom. The van der Waals surface area contributed by atoms with Crippen molar-refractivity contribution in [2.45, 2.75) is 39.0 Å². The fourth-order valence-corrected chi connectivity index (χ4v) is 3.11. The van der Waals surface area contributed by atoms with Gasteiger partial charge in [-0.15, -0.1) is 0 Å². The average molecular weight is 379 g/mol. The Morgan fingerprint density at radius 2 is 2.00 bits per heavy atom. The molecular formula is C21H35FN4O. The van der Waals surface area contributed by atoms with Crippen LogP contribution in [0.25, 0.3) is 0 Å². The summed E-state index contributed by atoms with van der Waals surface area (Å²) in [6.07, 6.45) is 2.27. The highest BCUT2D eigenvalue weighted by molar-refractivity contribution is 5.79. The van der Waals surface area contributed by atoms with E-state index in [1.165, 1.54) is 12.5 Å². The van der Waals surface area contributed by atoms with Gasteiger partial charge in [-0.05, 0) is 44.0 Å². The van der Waals surface area contributed by atoms with Crippen molar-refractivity contribution in [1.29, 1.82) is 0 Å². The molecule has 6 heteroatoms. The zero-order valence-electron chi connectivity index (χ0n) is 17.1. The molecule has 0 aromatic heterocycles. The van der Waals surface area contributed by atoms with Gasteiger partial charge in [0.25, 0.3) is 0 Å². The van der Waals surface area contributed by atoms with E-state index in [0.29, 0.717) is 6.54 Å². The maximum Gasteiger partial charge on any atom is 0.191 e. The Kier molecular flexibility index (Phi) is 9.01. The molecule has 0 spiro atoms. The maximum absolute atomic E-state index is 13.5. The minimum atomic E-state index is -0.221. The topological polar surface area (TPSA) is 48.9 Å².